The van der Waals surface area contributed by atoms with Crippen molar-refractivity contribution in [3.8, 4) is 0 Å². The minimum absolute atomic E-state index is 0.702. The van der Waals surface area contributed by atoms with Crippen molar-refractivity contribution >= 4 is 22.9 Å². The van der Waals surface area contributed by atoms with Crippen molar-refractivity contribution in [2.75, 3.05) is 5.43 Å². The third-order valence-electron chi connectivity index (χ3n) is 2.18. The molecule has 0 atom stereocenters. The number of hydrogen-bond acceptors (Lipinski definition) is 3. The van der Waals surface area contributed by atoms with Crippen LogP contribution in [0.25, 0.3) is 0 Å². The molecular formula is C10H12ClN3S. The van der Waals surface area contributed by atoms with Gasteiger partial charge in [-0.2, -0.15) is 0 Å². The van der Waals surface area contributed by atoms with E-state index in [9.17, 15) is 0 Å². The molecule has 5 heteroatoms. The molecule has 2 aromatic heterocycles. The zero-order valence-corrected chi connectivity index (χ0v) is 10.2. The van der Waals surface area contributed by atoms with E-state index >= 15 is 0 Å². The fourth-order valence-corrected chi connectivity index (χ4v) is 2.32. The minimum Gasteiger partial charge on any atom is -0.319 e. The largest absolute Gasteiger partial charge is 0.319 e. The summed E-state index contributed by atoms with van der Waals surface area (Å²) >= 11 is 7.30. The van der Waals surface area contributed by atoms with E-state index in [-0.39, 0.29) is 0 Å². The van der Waals surface area contributed by atoms with E-state index in [1.807, 2.05) is 0 Å². The quantitative estimate of drug-likeness (QED) is 0.896. The van der Waals surface area contributed by atoms with Gasteiger partial charge in [0.05, 0.1) is 12.7 Å². The van der Waals surface area contributed by atoms with E-state index in [0.29, 0.717) is 6.54 Å². The fraction of sp³-hybridized carbons (Fsp3) is 0.300. The van der Waals surface area contributed by atoms with Crippen LogP contribution in [0, 0.1) is 13.8 Å². The van der Waals surface area contributed by atoms with Crippen LogP contribution in [0.3, 0.4) is 0 Å². The molecule has 0 unspecified atom stereocenters. The minimum atomic E-state index is 0.702. The van der Waals surface area contributed by atoms with E-state index in [4.69, 9.17) is 11.6 Å². The average molecular weight is 242 g/mol. The number of aromatic nitrogens is 2. The van der Waals surface area contributed by atoms with E-state index in [1.165, 1.54) is 22.7 Å². The predicted molar refractivity (Wildman–Crippen MR) is 64.1 cm³/mol. The van der Waals surface area contributed by atoms with Gasteiger partial charge in [0.2, 0.25) is 0 Å². The lowest BCUT2D eigenvalue weighted by molar-refractivity contribution is 0.789. The summed E-state index contributed by atoms with van der Waals surface area (Å²) in [6.07, 6.45) is 1.68. The van der Waals surface area contributed by atoms with Crippen LogP contribution in [0.1, 0.15) is 16.4 Å². The van der Waals surface area contributed by atoms with Crippen LogP contribution in [-0.4, -0.2) is 9.66 Å². The summed E-state index contributed by atoms with van der Waals surface area (Å²) in [6, 6.07) is 4.16. The SMILES string of the molecule is Cc1ccc(C)n1NCc1ncc(Cl)s1. The fourth-order valence-electron chi connectivity index (χ4n) is 1.43. The Bertz CT molecular complexity index is 441. The lowest BCUT2D eigenvalue weighted by Gasteiger charge is -2.10. The first kappa shape index (κ1) is 10.5. The molecule has 0 aliphatic rings. The Kier molecular flexibility index (Phi) is 2.98. The molecule has 0 aliphatic heterocycles. The Labute approximate surface area is 97.7 Å². The standard InChI is InChI=1S/C10H12ClN3S/c1-7-3-4-8(2)14(7)13-6-10-12-5-9(11)15-10/h3-5,13H,6H2,1-2H3. The van der Waals surface area contributed by atoms with Gasteiger partial charge in [-0.05, 0) is 26.0 Å². The van der Waals surface area contributed by atoms with Gasteiger partial charge >= 0.3 is 0 Å². The van der Waals surface area contributed by atoms with Gasteiger partial charge in [0, 0.05) is 11.4 Å². The molecule has 0 saturated carbocycles. The molecule has 0 spiro atoms. The van der Waals surface area contributed by atoms with Gasteiger partial charge in [0.15, 0.2) is 0 Å². The number of nitrogens with zero attached hydrogens (tertiary/aromatic N) is 2. The molecule has 15 heavy (non-hydrogen) atoms. The van der Waals surface area contributed by atoms with Crippen molar-refractivity contribution in [1.29, 1.82) is 0 Å². The number of halogens is 1. The maximum absolute atomic E-state index is 5.81. The summed E-state index contributed by atoms with van der Waals surface area (Å²) in [6.45, 7) is 4.83. The van der Waals surface area contributed by atoms with Crippen molar-refractivity contribution in [1.82, 2.24) is 9.66 Å². The Balaban J connectivity index is 2.05. The summed E-state index contributed by atoms with van der Waals surface area (Å²) in [7, 11) is 0. The van der Waals surface area contributed by atoms with E-state index in [2.05, 4.69) is 41.1 Å². The molecule has 0 amide bonds. The van der Waals surface area contributed by atoms with Crippen LogP contribution in [0.5, 0.6) is 0 Å². The van der Waals surface area contributed by atoms with Gasteiger partial charge in [-0.25, -0.2) is 4.98 Å². The van der Waals surface area contributed by atoms with Crippen LogP contribution in [0.2, 0.25) is 4.34 Å². The van der Waals surface area contributed by atoms with Crippen molar-refractivity contribution in [2.45, 2.75) is 20.4 Å². The zero-order chi connectivity index (χ0) is 10.8. The molecule has 2 aromatic rings. The van der Waals surface area contributed by atoms with Crippen LogP contribution >= 0.6 is 22.9 Å². The van der Waals surface area contributed by atoms with Gasteiger partial charge in [0.25, 0.3) is 0 Å². The second kappa shape index (κ2) is 4.24. The molecule has 0 saturated heterocycles. The molecule has 1 N–H and O–H groups in total. The molecule has 0 fully saturated rings. The van der Waals surface area contributed by atoms with Crippen LogP contribution in [0.4, 0.5) is 0 Å². The van der Waals surface area contributed by atoms with Crippen LogP contribution in [0.15, 0.2) is 18.3 Å². The van der Waals surface area contributed by atoms with Crippen LogP contribution < -0.4 is 5.43 Å². The first-order chi connectivity index (χ1) is 7.16. The average Bonchev–Trinajstić information content (AvgIpc) is 2.73. The first-order valence-corrected chi connectivity index (χ1v) is 5.85. The first-order valence-electron chi connectivity index (χ1n) is 4.66. The summed E-state index contributed by atoms with van der Waals surface area (Å²) in [4.78, 5) is 4.19. The summed E-state index contributed by atoms with van der Waals surface area (Å²) < 4.78 is 2.78. The zero-order valence-electron chi connectivity index (χ0n) is 8.62. The van der Waals surface area contributed by atoms with Gasteiger partial charge in [-0.1, -0.05) is 11.6 Å². The van der Waals surface area contributed by atoms with Crippen molar-refractivity contribution < 1.29 is 0 Å². The van der Waals surface area contributed by atoms with Crippen LogP contribution in [-0.2, 0) is 6.54 Å². The molecule has 0 bridgehead atoms. The highest BCUT2D eigenvalue weighted by Gasteiger charge is 2.02. The van der Waals surface area contributed by atoms with Crippen molar-refractivity contribution in [3.05, 3.63) is 39.1 Å². The Morgan fingerprint density at radius 3 is 2.60 bits per heavy atom. The Morgan fingerprint density at radius 2 is 2.07 bits per heavy atom. The number of hydrogen-bond donors (Lipinski definition) is 1. The number of nitrogens with one attached hydrogen (secondary N) is 1. The number of rotatable bonds is 3. The summed E-state index contributed by atoms with van der Waals surface area (Å²) in [5.74, 6) is 0. The predicted octanol–water partition coefficient (Wildman–Crippen LogP) is 2.96. The smallest absolute Gasteiger partial charge is 0.115 e. The topological polar surface area (TPSA) is 29.9 Å². The van der Waals surface area contributed by atoms with Gasteiger partial charge in [0.1, 0.15) is 9.34 Å². The van der Waals surface area contributed by atoms with Gasteiger partial charge in [-0.3, -0.25) is 4.68 Å². The molecular weight excluding hydrogens is 230 g/mol. The molecule has 3 nitrogen and oxygen atoms in total. The van der Waals surface area contributed by atoms with Crippen molar-refractivity contribution in [3.63, 3.8) is 0 Å². The highest BCUT2D eigenvalue weighted by atomic mass is 35.5. The molecule has 2 heterocycles. The number of thiazole rings is 1. The van der Waals surface area contributed by atoms with E-state index in [1.54, 1.807) is 6.20 Å². The Morgan fingerprint density at radius 1 is 1.40 bits per heavy atom. The van der Waals surface area contributed by atoms with Gasteiger partial charge in [-0.15, -0.1) is 11.3 Å². The van der Waals surface area contributed by atoms with Gasteiger partial charge < -0.3 is 5.43 Å². The maximum atomic E-state index is 5.81. The molecule has 80 valence electrons. The van der Waals surface area contributed by atoms with E-state index in [0.717, 1.165) is 9.34 Å². The van der Waals surface area contributed by atoms with Crippen molar-refractivity contribution in [2.24, 2.45) is 0 Å². The van der Waals surface area contributed by atoms with E-state index < -0.39 is 0 Å². The summed E-state index contributed by atoms with van der Waals surface area (Å²) in [5.41, 5.74) is 5.68. The third-order valence-corrected chi connectivity index (χ3v) is 3.30. The second-order valence-electron chi connectivity index (χ2n) is 3.34. The highest BCUT2D eigenvalue weighted by molar-refractivity contribution is 7.15. The Hall–Kier alpha value is -1.000. The number of aryl methyl sites for hydroxylation is 2. The second-order valence-corrected chi connectivity index (χ2v) is 5.09. The maximum Gasteiger partial charge on any atom is 0.115 e. The third kappa shape index (κ3) is 2.33. The molecule has 0 aromatic carbocycles. The lowest BCUT2D eigenvalue weighted by atomic mass is 10.5. The molecule has 0 radical (unpaired) electrons. The molecule has 2 rings (SSSR count). The molecule has 0 aliphatic carbocycles. The normalized spacial score (nSPS) is 10.6. The summed E-state index contributed by atoms with van der Waals surface area (Å²) in [5, 5.41) is 0.993. The lowest BCUT2D eigenvalue weighted by Crippen LogP contribution is -2.16. The highest BCUT2D eigenvalue weighted by Crippen LogP contribution is 2.18. The monoisotopic (exact) mass is 241 g/mol.